The fraction of sp³-hybridized carbons (Fsp3) is 0.500. The van der Waals surface area contributed by atoms with Gasteiger partial charge in [0, 0.05) is 24.3 Å². The summed E-state index contributed by atoms with van der Waals surface area (Å²) in [5, 5.41) is 0. The number of hydrogen-bond donors (Lipinski definition) is 0. The lowest BCUT2D eigenvalue weighted by Crippen LogP contribution is -2.32. The Morgan fingerprint density at radius 3 is 2.44 bits per heavy atom. The van der Waals surface area contributed by atoms with Gasteiger partial charge in [0.2, 0.25) is 0 Å². The minimum Gasteiger partial charge on any atom is -0.372 e. The van der Waals surface area contributed by atoms with Crippen LogP contribution < -0.4 is 4.90 Å². The van der Waals surface area contributed by atoms with E-state index in [4.69, 9.17) is 0 Å². The third-order valence-corrected chi connectivity index (χ3v) is 3.48. The van der Waals surface area contributed by atoms with Crippen LogP contribution in [-0.2, 0) is 0 Å². The number of anilines is 1. The van der Waals surface area contributed by atoms with Crippen molar-refractivity contribution in [3.05, 3.63) is 29.8 Å². The third kappa shape index (κ3) is 2.43. The third-order valence-electron chi connectivity index (χ3n) is 3.48. The zero-order valence-electron chi connectivity index (χ0n) is 9.86. The maximum absolute atomic E-state index is 10.6. The fourth-order valence-corrected chi connectivity index (χ4v) is 2.17. The van der Waals surface area contributed by atoms with E-state index in [9.17, 15) is 4.79 Å². The number of nitrogens with zero attached hydrogens (tertiary/aromatic N) is 1. The van der Waals surface area contributed by atoms with Gasteiger partial charge in [-0.1, -0.05) is 6.42 Å². The number of carbonyl (C=O) groups excluding carboxylic acids is 1. The molecule has 0 radical (unpaired) electrons. The van der Waals surface area contributed by atoms with E-state index in [1.54, 1.807) is 0 Å². The van der Waals surface area contributed by atoms with Crippen molar-refractivity contribution in [1.29, 1.82) is 0 Å². The summed E-state index contributed by atoms with van der Waals surface area (Å²) in [5.41, 5.74) is 1.99. The first-order valence-electron chi connectivity index (χ1n) is 6.13. The van der Waals surface area contributed by atoms with Crippen molar-refractivity contribution >= 4 is 12.0 Å². The van der Waals surface area contributed by atoms with E-state index in [0.29, 0.717) is 0 Å². The standard InChI is InChI=1S/C14H19NO/c1-2-15(10-12-4-3-5-12)14-8-6-13(11-16)7-9-14/h6-9,11-12H,2-5,10H2,1H3. The molecule has 2 rings (SSSR count). The summed E-state index contributed by atoms with van der Waals surface area (Å²) in [7, 11) is 0. The molecule has 0 heterocycles. The van der Waals surface area contributed by atoms with Gasteiger partial charge in [0.1, 0.15) is 6.29 Å². The van der Waals surface area contributed by atoms with E-state index < -0.39 is 0 Å². The van der Waals surface area contributed by atoms with E-state index >= 15 is 0 Å². The van der Waals surface area contributed by atoms with Gasteiger partial charge in [-0.3, -0.25) is 4.79 Å². The van der Waals surface area contributed by atoms with Gasteiger partial charge in [0.15, 0.2) is 0 Å². The summed E-state index contributed by atoms with van der Waals surface area (Å²) >= 11 is 0. The zero-order valence-corrected chi connectivity index (χ0v) is 9.86. The molecule has 1 aromatic carbocycles. The summed E-state index contributed by atoms with van der Waals surface area (Å²) in [6.07, 6.45) is 5.05. The Hall–Kier alpha value is -1.31. The summed E-state index contributed by atoms with van der Waals surface area (Å²) in [6, 6.07) is 7.88. The lowest BCUT2D eigenvalue weighted by molar-refractivity contribution is 0.112. The Kier molecular flexibility index (Phi) is 3.60. The smallest absolute Gasteiger partial charge is 0.150 e. The highest BCUT2D eigenvalue weighted by molar-refractivity contribution is 5.75. The lowest BCUT2D eigenvalue weighted by atomic mass is 9.85. The van der Waals surface area contributed by atoms with Crippen LogP contribution in [0.3, 0.4) is 0 Å². The van der Waals surface area contributed by atoms with Crippen LogP contribution in [-0.4, -0.2) is 19.4 Å². The predicted molar refractivity (Wildman–Crippen MR) is 67.1 cm³/mol. The Labute approximate surface area is 97.3 Å². The molecular weight excluding hydrogens is 198 g/mol. The Balaban J connectivity index is 2.03. The quantitative estimate of drug-likeness (QED) is 0.706. The zero-order chi connectivity index (χ0) is 11.4. The van der Waals surface area contributed by atoms with Gasteiger partial charge in [-0.2, -0.15) is 0 Å². The Morgan fingerprint density at radius 1 is 1.31 bits per heavy atom. The van der Waals surface area contributed by atoms with Gasteiger partial charge in [-0.05, 0) is 49.9 Å². The largest absolute Gasteiger partial charge is 0.372 e. The molecule has 1 aromatic rings. The van der Waals surface area contributed by atoms with E-state index in [1.165, 1.54) is 24.9 Å². The van der Waals surface area contributed by atoms with Crippen LogP contribution in [0.15, 0.2) is 24.3 Å². The highest BCUT2D eigenvalue weighted by Gasteiger charge is 2.20. The van der Waals surface area contributed by atoms with Crippen molar-refractivity contribution in [2.24, 2.45) is 5.92 Å². The molecule has 0 N–H and O–H groups in total. The summed E-state index contributed by atoms with van der Waals surface area (Å²) in [4.78, 5) is 13.0. The van der Waals surface area contributed by atoms with Crippen LogP contribution in [0.1, 0.15) is 36.5 Å². The maximum Gasteiger partial charge on any atom is 0.150 e. The van der Waals surface area contributed by atoms with Crippen LogP contribution in [0, 0.1) is 5.92 Å². The molecule has 0 atom stereocenters. The van der Waals surface area contributed by atoms with Crippen LogP contribution in [0.5, 0.6) is 0 Å². The predicted octanol–water partition coefficient (Wildman–Crippen LogP) is 3.13. The van der Waals surface area contributed by atoms with Crippen molar-refractivity contribution in [3.63, 3.8) is 0 Å². The number of benzene rings is 1. The molecule has 1 saturated carbocycles. The summed E-state index contributed by atoms with van der Waals surface area (Å²) in [5.74, 6) is 0.880. The molecular formula is C14H19NO. The maximum atomic E-state index is 10.6. The fourth-order valence-electron chi connectivity index (χ4n) is 2.17. The van der Waals surface area contributed by atoms with Crippen LogP contribution >= 0.6 is 0 Å². The van der Waals surface area contributed by atoms with Crippen molar-refractivity contribution in [1.82, 2.24) is 0 Å². The highest BCUT2D eigenvalue weighted by atomic mass is 16.1. The van der Waals surface area contributed by atoms with Gasteiger partial charge >= 0.3 is 0 Å². The molecule has 0 aromatic heterocycles. The first kappa shape index (κ1) is 11.2. The topological polar surface area (TPSA) is 20.3 Å². The number of carbonyl (C=O) groups is 1. The molecule has 1 aliphatic carbocycles. The lowest BCUT2D eigenvalue weighted by Gasteiger charge is -2.33. The molecule has 0 unspecified atom stereocenters. The average molecular weight is 217 g/mol. The molecule has 2 heteroatoms. The number of hydrogen-bond acceptors (Lipinski definition) is 2. The van der Waals surface area contributed by atoms with E-state index in [2.05, 4.69) is 11.8 Å². The molecule has 0 amide bonds. The average Bonchev–Trinajstić information content (AvgIpc) is 2.28. The van der Waals surface area contributed by atoms with Gasteiger partial charge < -0.3 is 4.90 Å². The minimum absolute atomic E-state index is 0.753. The highest BCUT2D eigenvalue weighted by Crippen LogP contribution is 2.28. The Morgan fingerprint density at radius 2 is 2.00 bits per heavy atom. The molecule has 0 bridgehead atoms. The second-order valence-electron chi connectivity index (χ2n) is 4.54. The molecule has 86 valence electrons. The molecule has 1 aliphatic rings. The monoisotopic (exact) mass is 217 g/mol. The molecule has 1 fully saturated rings. The molecule has 0 spiro atoms. The van der Waals surface area contributed by atoms with Crippen molar-refractivity contribution < 1.29 is 4.79 Å². The normalized spacial score (nSPS) is 15.6. The summed E-state index contributed by atoms with van der Waals surface area (Å²) < 4.78 is 0. The van der Waals surface area contributed by atoms with Gasteiger partial charge in [0.05, 0.1) is 0 Å². The second-order valence-corrected chi connectivity index (χ2v) is 4.54. The van der Waals surface area contributed by atoms with Crippen LogP contribution in [0.4, 0.5) is 5.69 Å². The first-order valence-corrected chi connectivity index (χ1v) is 6.13. The van der Waals surface area contributed by atoms with Gasteiger partial charge in [0.25, 0.3) is 0 Å². The van der Waals surface area contributed by atoms with Gasteiger partial charge in [-0.15, -0.1) is 0 Å². The molecule has 2 nitrogen and oxygen atoms in total. The molecule has 0 aliphatic heterocycles. The van der Waals surface area contributed by atoms with Crippen LogP contribution in [0.2, 0.25) is 0 Å². The van der Waals surface area contributed by atoms with E-state index in [1.807, 2.05) is 24.3 Å². The summed E-state index contributed by atoms with van der Waals surface area (Å²) in [6.45, 7) is 4.39. The SMILES string of the molecule is CCN(CC1CCC1)c1ccc(C=O)cc1. The Bertz CT molecular complexity index is 340. The minimum atomic E-state index is 0.753. The second kappa shape index (κ2) is 5.15. The van der Waals surface area contributed by atoms with Crippen LogP contribution in [0.25, 0.3) is 0 Å². The first-order chi connectivity index (χ1) is 7.83. The van der Waals surface area contributed by atoms with E-state index in [0.717, 1.165) is 30.9 Å². The molecule has 16 heavy (non-hydrogen) atoms. The van der Waals surface area contributed by atoms with Gasteiger partial charge in [-0.25, -0.2) is 0 Å². The van der Waals surface area contributed by atoms with Crippen molar-refractivity contribution in [3.8, 4) is 0 Å². The van der Waals surface area contributed by atoms with Crippen molar-refractivity contribution in [2.45, 2.75) is 26.2 Å². The van der Waals surface area contributed by atoms with Crippen molar-refractivity contribution in [2.75, 3.05) is 18.0 Å². The number of aldehydes is 1. The number of rotatable bonds is 5. The molecule has 0 saturated heterocycles. The van der Waals surface area contributed by atoms with E-state index in [-0.39, 0.29) is 0 Å².